The average molecular weight is 487 g/mol. The molecule has 1 aliphatic heterocycles. The van der Waals surface area contributed by atoms with E-state index in [4.69, 9.17) is 17.4 Å². The van der Waals surface area contributed by atoms with Gasteiger partial charge in [-0.15, -0.1) is 11.3 Å². The van der Waals surface area contributed by atoms with Crippen LogP contribution in [0, 0.1) is 6.92 Å². The van der Waals surface area contributed by atoms with Crippen LogP contribution < -0.4 is 16.5 Å². The fourth-order valence-electron chi connectivity index (χ4n) is 3.34. The van der Waals surface area contributed by atoms with Gasteiger partial charge in [0.1, 0.15) is 6.54 Å². The molecule has 1 fully saturated rings. The summed E-state index contributed by atoms with van der Waals surface area (Å²) in [5.74, 6) is 4.06. The largest absolute Gasteiger partial charge is 0.348 e. The van der Waals surface area contributed by atoms with Crippen LogP contribution in [-0.4, -0.2) is 45.6 Å². The van der Waals surface area contributed by atoms with Crippen molar-refractivity contribution >= 4 is 56.8 Å². The molecule has 0 radical (unpaired) electrons. The number of carbonyl (C=O) groups is 3. The molecule has 0 spiro atoms. The van der Waals surface area contributed by atoms with Crippen molar-refractivity contribution in [1.29, 1.82) is 0 Å². The summed E-state index contributed by atoms with van der Waals surface area (Å²) in [6, 6.07) is 11.1. The van der Waals surface area contributed by atoms with E-state index in [2.05, 4.69) is 26.0 Å². The summed E-state index contributed by atoms with van der Waals surface area (Å²) in [5, 5.41) is 13.4. The molecule has 1 unspecified atom stereocenters. The Hall–Kier alpha value is -3.77. The molecule has 5 amide bonds. The number of amides is 5. The molecule has 2 aromatic carbocycles. The quantitative estimate of drug-likeness (QED) is 0.276. The standard InChI is InChI=1S/C20H19ClN8O3S/c1-11-23-15-7-6-14(8-16(15)33-11)24-18-25-19(31)29(10-17(30)26-27-22)20(32)28(18)9-12-2-4-13(21)5-3-12/h2-8,18,24H,9-10H2,1H3,(H,25,31)(H2,22,26,30). The number of nitrogens with two attached hydrogens (primary N) is 1. The first kappa shape index (κ1) is 22.4. The summed E-state index contributed by atoms with van der Waals surface area (Å²) >= 11 is 7.51. The summed E-state index contributed by atoms with van der Waals surface area (Å²) in [6.45, 7) is 1.46. The number of carbonyl (C=O) groups excluding carboxylic acids is 3. The maximum Gasteiger partial charge on any atom is 0.332 e. The highest BCUT2D eigenvalue weighted by Gasteiger charge is 2.39. The first-order chi connectivity index (χ1) is 15.8. The van der Waals surface area contributed by atoms with Crippen LogP contribution in [0.25, 0.3) is 10.2 Å². The molecule has 1 saturated heterocycles. The van der Waals surface area contributed by atoms with Gasteiger partial charge in [-0.05, 0) is 42.8 Å². The third-order valence-electron chi connectivity index (χ3n) is 4.82. The number of aromatic nitrogens is 1. The molecule has 2 heterocycles. The monoisotopic (exact) mass is 486 g/mol. The number of nitrogens with one attached hydrogen (secondary N) is 2. The van der Waals surface area contributed by atoms with E-state index in [1.807, 2.05) is 25.1 Å². The van der Waals surface area contributed by atoms with Gasteiger partial charge in [0, 0.05) is 10.7 Å². The Morgan fingerprint density at radius 1 is 1.27 bits per heavy atom. The third kappa shape index (κ3) is 5.02. The molecule has 0 aliphatic carbocycles. The smallest absolute Gasteiger partial charge is 0.332 e. The minimum absolute atomic E-state index is 0.138. The van der Waals surface area contributed by atoms with Crippen molar-refractivity contribution in [3.05, 3.63) is 58.1 Å². The summed E-state index contributed by atoms with van der Waals surface area (Å²) in [4.78, 5) is 44.3. The second kappa shape index (κ2) is 9.38. The lowest BCUT2D eigenvalue weighted by atomic mass is 10.2. The minimum Gasteiger partial charge on any atom is -0.348 e. The predicted molar refractivity (Wildman–Crippen MR) is 123 cm³/mol. The van der Waals surface area contributed by atoms with Crippen molar-refractivity contribution in [3.8, 4) is 0 Å². The molecule has 13 heteroatoms. The number of halogens is 1. The lowest BCUT2D eigenvalue weighted by Gasteiger charge is -2.41. The zero-order chi connectivity index (χ0) is 23.5. The molecule has 3 aromatic rings. The number of fused-ring (bicyclic) bond motifs is 1. The molecular weight excluding hydrogens is 468 g/mol. The summed E-state index contributed by atoms with van der Waals surface area (Å²) in [5.41, 5.74) is 2.33. The number of rotatable bonds is 6. The van der Waals surface area contributed by atoms with E-state index in [-0.39, 0.29) is 6.54 Å². The molecule has 33 heavy (non-hydrogen) atoms. The lowest BCUT2D eigenvalue weighted by Crippen LogP contribution is -2.67. The molecule has 1 aromatic heterocycles. The van der Waals surface area contributed by atoms with Crippen LogP contribution in [0.2, 0.25) is 5.02 Å². The number of anilines is 1. The first-order valence-electron chi connectivity index (χ1n) is 9.74. The van der Waals surface area contributed by atoms with Crippen LogP contribution in [-0.2, 0) is 11.3 Å². The van der Waals surface area contributed by atoms with E-state index in [0.29, 0.717) is 10.7 Å². The number of hydrogen-bond donors (Lipinski definition) is 3. The highest BCUT2D eigenvalue weighted by molar-refractivity contribution is 7.18. The zero-order valence-electron chi connectivity index (χ0n) is 17.4. The number of thiazole rings is 1. The van der Waals surface area contributed by atoms with E-state index < -0.39 is 30.8 Å². The molecule has 170 valence electrons. The van der Waals surface area contributed by atoms with Crippen LogP contribution in [0.1, 0.15) is 10.6 Å². The van der Waals surface area contributed by atoms with Crippen LogP contribution >= 0.6 is 22.9 Å². The molecule has 1 aliphatic rings. The van der Waals surface area contributed by atoms with Crippen molar-refractivity contribution in [2.45, 2.75) is 19.8 Å². The molecule has 1 atom stereocenters. The van der Waals surface area contributed by atoms with Crippen molar-refractivity contribution in [3.63, 3.8) is 0 Å². The SMILES string of the molecule is Cc1nc2ccc(NC3NC(=O)N(CC(=O)N=NN)C(=O)N3Cc3ccc(Cl)cc3)cc2s1. The van der Waals surface area contributed by atoms with Crippen molar-refractivity contribution in [2.24, 2.45) is 16.2 Å². The Morgan fingerprint density at radius 2 is 2.03 bits per heavy atom. The second-order valence-electron chi connectivity index (χ2n) is 7.14. The normalized spacial score (nSPS) is 16.5. The van der Waals surface area contributed by atoms with Crippen molar-refractivity contribution < 1.29 is 14.4 Å². The van der Waals surface area contributed by atoms with Crippen LogP contribution in [0.3, 0.4) is 0 Å². The number of imide groups is 1. The van der Waals surface area contributed by atoms with Gasteiger partial charge in [0.25, 0.3) is 5.91 Å². The topological polar surface area (TPSA) is 145 Å². The van der Waals surface area contributed by atoms with Gasteiger partial charge in [-0.2, -0.15) is 0 Å². The molecule has 4 rings (SSSR count). The number of nitrogens with zero attached hydrogens (tertiary/aromatic N) is 5. The van der Waals surface area contributed by atoms with Gasteiger partial charge in [-0.1, -0.05) is 34.1 Å². The van der Waals surface area contributed by atoms with Crippen molar-refractivity contribution in [2.75, 3.05) is 11.9 Å². The maximum absolute atomic E-state index is 13.2. The molecule has 4 N–H and O–H groups in total. The van der Waals surface area contributed by atoms with E-state index >= 15 is 0 Å². The summed E-state index contributed by atoms with van der Waals surface area (Å²) in [6.07, 6.45) is -0.880. The van der Waals surface area contributed by atoms with Crippen LogP contribution in [0.4, 0.5) is 15.3 Å². The molecule has 11 nitrogen and oxygen atoms in total. The van der Waals surface area contributed by atoms with Gasteiger partial charge >= 0.3 is 12.1 Å². The van der Waals surface area contributed by atoms with E-state index in [1.165, 1.54) is 16.2 Å². The fourth-order valence-corrected chi connectivity index (χ4v) is 4.34. The van der Waals surface area contributed by atoms with Gasteiger partial charge < -0.3 is 11.2 Å². The highest BCUT2D eigenvalue weighted by atomic mass is 35.5. The summed E-state index contributed by atoms with van der Waals surface area (Å²) in [7, 11) is 0. The number of aryl methyl sites for hydroxylation is 1. The van der Waals surface area contributed by atoms with Crippen molar-refractivity contribution in [1.82, 2.24) is 20.1 Å². The van der Waals surface area contributed by atoms with Crippen LogP contribution in [0.15, 0.2) is 52.8 Å². The van der Waals surface area contributed by atoms with Crippen LogP contribution in [0.5, 0.6) is 0 Å². The van der Waals surface area contributed by atoms with Gasteiger partial charge in [0.05, 0.1) is 21.8 Å². The Bertz CT molecular complexity index is 1250. The van der Waals surface area contributed by atoms with Gasteiger partial charge in [-0.25, -0.2) is 19.5 Å². The Labute approximate surface area is 197 Å². The molecular formula is C20H19ClN8O3S. The minimum atomic E-state index is -0.880. The third-order valence-corrected chi connectivity index (χ3v) is 6.01. The predicted octanol–water partition coefficient (Wildman–Crippen LogP) is 3.45. The Morgan fingerprint density at radius 3 is 2.76 bits per heavy atom. The van der Waals surface area contributed by atoms with Gasteiger partial charge in [-0.3, -0.25) is 15.0 Å². The van der Waals surface area contributed by atoms with Gasteiger partial charge in [0.2, 0.25) is 0 Å². The molecule has 0 saturated carbocycles. The summed E-state index contributed by atoms with van der Waals surface area (Å²) < 4.78 is 0.967. The zero-order valence-corrected chi connectivity index (χ0v) is 18.9. The lowest BCUT2D eigenvalue weighted by molar-refractivity contribution is -0.118. The second-order valence-corrected chi connectivity index (χ2v) is 8.82. The maximum atomic E-state index is 13.2. The number of urea groups is 2. The number of benzene rings is 2. The fraction of sp³-hybridized carbons (Fsp3) is 0.200. The average Bonchev–Trinajstić information content (AvgIpc) is 3.15. The van der Waals surface area contributed by atoms with E-state index in [1.54, 1.807) is 24.3 Å². The highest BCUT2D eigenvalue weighted by Crippen LogP contribution is 2.26. The van der Waals surface area contributed by atoms with E-state index in [9.17, 15) is 14.4 Å². The van der Waals surface area contributed by atoms with Gasteiger partial charge in [0.15, 0.2) is 6.29 Å². The first-order valence-corrected chi connectivity index (χ1v) is 10.9. The van der Waals surface area contributed by atoms with E-state index in [0.717, 1.165) is 25.7 Å². The Balaban J connectivity index is 1.62. The molecule has 0 bridgehead atoms. The Kier molecular flexibility index (Phi) is 6.38. The number of hydrogen-bond acceptors (Lipinski definition) is 7.